The molecule has 5 heteroatoms. The molecular formula is C23H31N2OS2+. The largest absolute Gasteiger partial charge is 0.348 e. The first-order chi connectivity index (χ1) is 13.7. The number of rotatable bonds is 8. The van der Waals surface area contributed by atoms with Crippen LogP contribution in [0.15, 0.2) is 48.5 Å². The van der Waals surface area contributed by atoms with E-state index in [0.717, 1.165) is 25.2 Å². The fraction of sp³-hybridized carbons (Fsp3) is 0.435. The van der Waals surface area contributed by atoms with Crippen LogP contribution in [0.3, 0.4) is 0 Å². The van der Waals surface area contributed by atoms with E-state index in [0.29, 0.717) is 11.1 Å². The fourth-order valence-electron chi connectivity index (χ4n) is 3.42. The summed E-state index contributed by atoms with van der Waals surface area (Å²) >= 11 is 4.02. The van der Waals surface area contributed by atoms with Gasteiger partial charge in [0, 0.05) is 17.7 Å². The minimum atomic E-state index is 0.000453. The minimum Gasteiger partial charge on any atom is -0.348 e. The van der Waals surface area contributed by atoms with Crippen molar-refractivity contribution in [3.63, 3.8) is 0 Å². The molecule has 0 aromatic heterocycles. The molecule has 1 saturated heterocycles. The zero-order valence-electron chi connectivity index (χ0n) is 16.9. The van der Waals surface area contributed by atoms with E-state index in [-0.39, 0.29) is 5.91 Å². The molecule has 2 aromatic rings. The van der Waals surface area contributed by atoms with Crippen LogP contribution in [0.5, 0.6) is 0 Å². The highest BCUT2D eigenvalue weighted by Crippen LogP contribution is 2.43. The Labute approximate surface area is 177 Å². The molecule has 0 unspecified atom stereocenters. The van der Waals surface area contributed by atoms with Gasteiger partial charge in [-0.2, -0.15) is 0 Å². The first-order valence-corrected chi connectivity index (χ1v) is 12.3. The van der Waals surface area contributed by atoms with Gasteiger partial charge in [0.25, 0.3) is 5.91 Å². The Balaban J connectivity index is 1.59. The van der Waals surface area contributed by atoms with Crippen molar-refractivity contribution in [3.05, 3.63) is 70.8 Å². The number of nitrogens with one attached hydrogen (secondary N) is 2. The summed E-state index contributed by atoms with van der Waals surface area (Å²) in [6, 6.07) is 16.6. The molecule has 1 heterocycles. The molecule has 0 spiro atoms. The molecule has 1 aliphatic heterocycles. The van der Waals surface area contributed by atoms with E-state index in [1.807, 2.05) is 35.7 Å². The van der Waals surface area contributed by atoms with Crippen LogP contribution in [0, 0.1) is 0 Å². The molecule has 2 N–H and O–H groups in total. The molecule has 0 aliphatic carbocycles. The molecule has 1 fully saturated rings. The van der Waals surface area contributed by atoms with E-state index in [2.05, 4.69) is 55.6 Å². The molecule has 1 aliphatic rings. The second-order valence-electron chi connectivity index (χ2n) is 7.13. The van der Waals surface area contributed by atoms with Crippen LogP contribution in [0.1, 0.15) is 51.9 Å². The number of benzene rings is 2. The number of carbonyl (C=O) groups excluding carboxylic acids is 1. The van der Waals surface area contributed by atoms with Crippen molar-refractivity contribution in [2.45, 2.75) is 37.9 Å². The van der Waals surface area contributed by atoms with Crippen LogP contribution in [0.2, 0.25) is 0 Å². The summed E-state index contributed by atoms with van der Waals surface area (Å²) in [7, 11) is 0. The molecule has 1 amide bonds. The first-order valence-electron chi connectivity index (χ1n) is 10.2. The average molecular weight is 416 g/mol. The van der Waals surface area contributed by atoms with Gasteiger partial charge in [0.15, 0.2) is 0 Å². The summed E-state index contributed by atoms with van der Waals surface area (Å²) < 4.78 is 0.514. The zero-order chi connectivity index (χ0) is 19.8. The molecule has 28 heavy (non-hydrogen) atoms. The van der Waals surface area contributed by atoms with E-state index in [9.17, 15) is 4.79 Å². The topological polar surface area (TPSA) is 33.5 Å². The Morgan fingerprint density at radius 1 is 1.00 bits per heavy atom. The third-order valence-electron chi connectivity index (χ3n) is 5.27. The van der Waals surface area contributed by atoms with Crippen molar-refractivity contribution < 1.29 is 9.69 Å². The molecule has 3 rings (SSSR count). The van der Waals surface area contributed by atoms with E-state index in [4.69, 9.17) is 0 Å². The molecular weight excluding hydrogens is 384 g/mol. The van der Waals surface area contributed by atoms with Crippen molar-refractivity contribution in [1.29, 1.82) is 0 Å². The standard InChI is InChI=1S/C23H30N2OS2/c1-3-25(4-2)17-21-9-6-5-8-20(21)16-24-22(26)18-10-12-19(13-11-18)23-27-14-7-15-28-23/h5-6,8-13,23H,3-4,7,14-17H2,1-2H3,(H,24,26)/p+1. The van der Waals surface area contributed by atoms with Crippen molar-refractivity contribution >= 4 is 29.4 Å². The van der Waals surface area contributed by atoms with E-state index >= 15 is 0 Å². The summed E-state index contributed by atoms with van der Waals surface area (Å²) in [6.07, 6.45) is 1.30. The van der Waals surface area contributed by atoms with E-state index in [1.165, 1.54) is 34.6 Å². The Bertz CT molecular complexity index is 753. The maximum atomic E-state index is 12.6. The second kappa shape index (κ2) is 10.9. The van der Waals surface area contributed by atoms with Gasteiger partial charge in [-0.3, -0.25) is 4.79 Å². The van der Waals surface area contributed by atoms with Crippen LogP contribution in [0.4, 0.5) is 0 Å². The predicted molar refractivity (Wildman–Crippen MR) is 122 cm³/mol. The van der Waals surface area contributed by atoms with Gasteiger partial charge < -0.3 is 10.2 Å². The van der Waals surface area contributed by atoms with Crippen molar-refractivity contribution in [2.24, 2.45) is 0 Å². The predicted octanol–water partition coefficient (Wildman–Crippen LogP) is 3.91. The number of thioether (sulfide) groups is 2. The molecule has 0 radical (unpaired) electrons. The van der Waals surface area contributed by atoms with E-state index in [1.54, 1.807) is 4.90 Å². The van der Waals surface area contributed by atoms with Gasteiger partial charge in [-0.1, -0.05) is 36.4 Å². The number of hydrogen-bond acceptors (Lipinski definition) is 3. The highest BCUT2D eigenvalue weighted by atomic mass is 32.2. The smallest absolute Gasteiger partial charge is 0.251 e. The van der Waals surface area contributed by atoms with Crippen molar-refractivity contribution in [1.82, 2.24) is 5.32 Å². The molecule has 0 atom stereocenters. The lowest BCUT2D eigenvalue weighted by Gasteiger charge is -2.21. The number of quaternary nitrogens is 1. The molecule has 0 bridgehead atoms. The third-order valence-corrected chi connectivity index (χ3v) is 8.29. The summed E-state index contributed by atoms with van der Waals surface area (Å²) in [6.45, 7) is 8.24. The van der Waals surface area contributed by atoms with Gasteiger partial charge in [-0.15, -0.1) is 23.5 Å². The van der Waals surface area contributed by atoms with Crippen LogP contribution in [-0.2, 0) is 13.1 Å². The molecule has 2 aromatic carbocycles. The lowest BCUT2D eigenvalue weighted by atomic mass is 10.1. The fourth-order valence-corrected chi connectivity index (χ4v) is 6.32. The van der Waals surface area contributed by atoms with Crippen LogP contribution in [-0.4, -0.2) is 30.5 Å². The first kappa shape index (κ1) is 21.3. The van der Waals surface area contributed by atoms with Gasteiger partial charge >= 0.3 is 0 Å². The molecule has 0 saturated carbocycles. The number of hydrogen-bond donors (Lipinski definition) is 2. The number of carbonyl (C=O) groups is 1. The second-order valence-corrected chi connectivity index (χ2v) is 9.86. The highest BCUT2D eigenvalue weighted by Gasteiger charge is 2.17. The lowest BCUT2D eigenvalue weighted by Crippen LogP contribution is -3.10. The Kier molecular flexibility index (Phi) is 8.31. The van der Waals surface area contributed by atoms with Gasteiger partial charge in [0.05, 0.1) is 17.7 Å². The van der Waals surface area contributed by atoms with Crippen molar-refractivity contribution in [2.75, 3.05) is 24.6 Å². The third kappa shape index (κ3) is 5.79. The van der Waals surface area contributed by atoms with Crippen LogP contribution >= 0.6 is 23.5 Å². The molecule has 150 valence electrons. The summed E-state index contributed by atoms with van der Waals surface area (Å²) in [5.74, 6) is 2.46. The van der Waals surface area contributed by atoms with Gasteiger partial charge in [-0.25, -0.2) is 0 Å². The zero-order valence-corrected chi connectivity index (χ0v) is 18.5. The van der Waals surface area contributed by atoms with Gasteiger partial charge in [-0.05, 0) is 55.0 Å². The summed E-state index contributed by atoms with van der Waals surface area (Å²) in [5, 5.41) is 3.11. The Morgan fingerprint density at radius 2 is 1.64 bits per heavy atom. The van der Waals surface area contributed by atoms with Gasteiger partial charge in [0.1, 0.15) is 6.54 Å². The quantitative estimate of drug-likeness (QED) is 0.686. The normalized spacial score (nSPS) is 15.0. The lowest BCUT2D eigenvalue weighted by molar-refractivity contribution is -0.910. The van der Waals surface area contributed by atoms with Crippen LogP contribution in [0.25, 0.3) is 0 Å². The minimum absolute atomic E-state index is 0.000453. The van der Waals surface area contributed by atoms with Gasteiger partial charge in [0.2, 0.25) is 0 Å². The van der Waals surface area contributed by atoms with E-state index < -0.39 is 0 Å². The maximum absolute atomic E-state index is 12.6. The molecule has 3 nitrogen and oxygen atoms in total. The average Bonchev–Trinajstić information content (AvgIpc) is 2.77. The Morgan fingerprint density at radius 3 is 2.29 bits per heavy atom. The summed E-state index contributed by atoms with van der Waals surface area (Å²) in [4.78, 5) is 14.2. The SMILES string of the molecule is CC[NH+](CC)Cc1ccccc1CNC(=O)c1ccc(C2SCCCS2)cc1. The Hall–Kier alpha value is -1.43. The summed E-state index contributed by atoms with van der Waals surface area (Å²) in [5.41, 5.74) is 4.59. The maximum Gasteiger partial charge on any atom is 0.251 e. The van der Waals surface area contributed by atoms with Crippen LogP contribution < -0.4 is 10.2 Å². The van der Waals surface area contributed by atoms with Crippen molar-refractivity contribution in [3.8, 4) is 0 Å². The number of amides is 1. The monoisotopic (exact) mass is 415 g/mol. The highest BCUT2D eigenvalue weighted by molar-refractivity contribution is 8.16.